The van der Waals surface area contributed by atoms with Crippen molar-refractivity contribution in [2.75, 3.05) is 18.0 Å². The van der Waals surface area contributed by atoms with Gasteiger partial charge in [0.1, 0.15) is 5.75 Å². The molecule has 1 fully saturated rings. The number of aliphatic hydroxyl groups excluding tert-OH is 1. The second-order valence-electron chi connectivity index (χ2n) is 8.77. The number of aliphatic hydroxyl groups is 1. The van der Waals surface area contributed by atoms with E-state index in [0.717, 1.165) is 37.2 Å². The Morgan fingerprint density at radius 3 is 2.49 bits per heavy atom. The number of hydrogen-bond acceptors (Lipinski definition) is 7. The minimum Gasteiger partial charge on any atom is -0.406 e. The van der Waals surface area contributed by atoms with Gasteiger partial charge in [0.05, 0.1) is 18.2 Å². The maximum atomic E-state index is 12.6. The molecule has 3 heterocycles. The van der Waals surface area contributed by atoms with E-state index >= 15 is 0 Å². The Bertz CT molecular complexity index is 1420. The fraction of sp³-hybridized carbons (Fsp3) is 0.269. The van der Waals surface area contributed by atoms with E-state index in [1.54, 1.807) is 16.8 Å². The number of ether oxygens (including phenoxy) is 1. The molecule has 2 aromatic heterocycles. The normalized spacial score (nSPS) is 14.6. The van der Waals surface area contributed by atoms with Gasteiger partial charge in [0.2, 0.25) is 5.82 Å². The standard InChI is InChI=1S/C26H23F3N4O4/c27-26(28,29)36-22-7-4-18(5-8-22)24-30-25(37-31-24)19-6-9-23(35)33(16-19)15-17-2-1-3-20(14-17)32-12-10-21(34)11-13-32/h1-9,14,16,21,34H,10-13,15H2. The highest BCUT2D eigenvalue weighted by molar-refractivity contribution is 5.60. The maximum Gasteiger partial charge on any atom is 0.573 e. The molecule has 0 amide bonds. The largest absolute Gasteiger partial charge is 0.573 e. The summed E-state index contributed by atoms with van der Waals surface area (Å²) in [5, 5.41) is 13.7. The topological polar surface area (TPSA) is 93.6 Å². The summed E-state index contributed by atoms with van der Waals surface area (Å²) in [6.45, 7) is 1.88. The van der Waals surface area contributed by atoms with Crippen LogP contribution in [0.15, 0.2) is 76.2 Å². The van der Waals surface area contributed by atoms with Crippen LogP contribution in [0, 0.1) is 0 Å². The molecular weight excluding hydrogens is 489 g/mol. The predicted octanol–water partition coefficient (Wildman–Crippen LogP) is 4.47. The van der Waals surface area contributed by atoms with Crippen LogP contribution < -0.4 is 15.2 Å². The molecule has 5 rings (SSSR count). The Balaban J connectivity index is 1.33. The molecule has 4 aromatic rings. The summed E-state index contributed by atoms with van der Waals surface area (Å²) >= 11 is 0. The van der Waals surface area contributed by atoms with E-state index in [1.807, 2.05) is 24.3 Å². The Kier molecular flexibility index (Phi) is 6.70. The highest BCUT2D eigenvalue weighted by atomic mass is 19.4. The fourth-order valence-corrected chi connectivity index (χ4v) is 4.22. The highest BCUT2D eigenvalue weighted by Crippen LogP contribution is 2.27. The molecule has 0 saturated carbocycles. The molecule has 0 unspecified atom stereocenters. The van der Waals surface area contributed by atoms with Crippen LogP contribution in [0.1, 0.15) is 18.4 Å². The molecule has 0 aliphatic carbocycles. The SMILES string of the molecule is O=c1ccc(-c2nc(-c3ccc(OC(F)(F)F)cc3)no2)cn1Cc1cccc(N2CCC(O)CC2)c1. The predicted molar refractivity (Wildman–Crippen MR) is 129 cm³/mol. The molecule has 11 heteroatoms. The first kappa shape index (κ1) is 24.6. The van der Waals surface area contributed by atoms with Crippen LogP contribution in [0.4, 0.5) is 18.9 Å². The van der Waals surface area contributed by atoms with Crippen molar-refractivity contribution in [3.05, 3.63) is 82.8 Å². The van der Waals surface area contributed by atoms with Crippen molar-refractivity contribution in [3.63, 3.8) is 0 Å². The monoisotopic (exact) mass is 512 g/mol. The van der Waals surface area contributed by atoms with Crippen molar-refractivity contribution in [3.8, 4) is 28.6 Å². The molecule has 1 N–H and O–H groups in total. The molecule has 0 radical (unpaired) electrons. The molecule has 1 aliphatic rings. The average molecular weight is 512 g/mol. The van der Waals surface area contributed by atoms with Crippen LogP contribution in [0.3, 0.4) is 0 Å². The van der Waals surface area contributed by atoms with Crippen LogP contribution in [0.5, 0.6) is 5.75 Å². The zero-order valence-corrected chi connectivity index (χ0v) is 19.6. The molecule has 2 aromatic carbocycles. The minimum absolute atomic E-state index is 0.167. The van der Waals surface area contributed by atoms with E-state index in [0.29, 0.717) is 17.7 Å². The van der Waals surface area contributed by atoms with Crippen molar-refractivity contribution in [1.82, 2.24) is 14.7 Å². The van der Waals surface area contributed by atoms with Gasteiger partial charge in [-0.1, -0.05) is 17.3 Å². The van der Waals surface area contributed by atoms with Crippen molar-refractivity contribution < 1.29 is 27.5 Å². The summed E-state index contributed by atoms with van der Waals surface area (Å²) in [6, 6.07) is 16.1. The van der Waals surface area contributed by atoms with Crippen molar-refractivity contribution in [2.24, 2.45) is 0 Å². The lowest BCUT2D eigenvalue weighted by atomic mass is 10.1. The number of benzene rings is 2. The summed E-state index contributed by atoms with van der Waals surface area (Å²) in [5.74, 6) is -0.000328. The molecule has 192 valence electrons. The van der Waals surface area contributed by atoms with E-state index < -0.39 is 6.36 Å². The number of pyridine rings is 1. The lowest BCUT2D eigenvalue weighted by molar-refractivity contribution is -0.274. The third-order valence-corrected chi connectivity index (χ3v) is 6.10. The Hall–Kier alpha value is -4.12. The van der Waals surface area contributed by atoms with Gasteiger partial charge in [-0.15, -0.1) is 13.2 Å². The van der Waals surface area contributed by atoms with Crippen molar-refractivity contribution in [2.45, 2.75) is 31.9 Å². The number of nitrogens with zero attached hydrogens (tertiary/aromatic N) is 4. The quantitative estimate of drug-likeness (QED) is 0.407. The Labute approximate surface area is 209 Å². The number of piperidine rings is 1. The summed E-state index contributed by atoms with van der Waals surface area (Å²) in [6.07, 6.45) is -1.95. The van der Waals surface area contributed by atoms with Gasteiger partial charge < -0.3 is 23.8 Å². The summed E-state index contributed by atoms with van der Waals surface area (Å²) in [7, 11) is 0. The third-order valence-electron chi connectivity index (χ3n) is 6.10. The van der Waals surface area contributed by atoms with E-state index in [-0.39, 0.29) is 29.1 Å². The van der Waals surface area contributed by atoms with Gasteiger partial charge in [-0.25, -0.2) is 0 Å². The number of anilines is 1. The van der Waals surface area contributed by atoms with Gasteiger partial charge in [0.25, 0.3) is 11.4 Å². The molecule has 8 nitrogen and oxygen atoms in total. The first-order chi connectivity index (χ1) is 17.7. The van der Waals surface area contributed by atoms with Gasteiger partial charge in [0, 0.05) is 36.6 Å². The summed E-state index contributed by atoms with van der Waals surface area (Å²) in [5.41, 5.74) is 2.75. The molecule has 1 aliphatic heterocycles. The van der Waals surface area contributed by atoms with E-state index in [1.165, 1.54) is 30.3 Å². The Morgan fingerprint density at radius 1 is 1.03 bits per heavy atom. The minimum atomic E-state index is -4.78. The first-order valence-corrected chi connectivity index (χ1v) is 11.7. The molecule has 1 saturated heterocycles. The molecule has 0 bridgehead atoms. The fourth-order valence-electron chi connectivity index (χ4n) is 4.22. The average Bonchev–Trinajstić information content (AvgIpc) is 3.36. The number of alkyl halides is 3. The van der Waals surface area contributed by atoms with Crippen LogP contribution in [-0.4, -0.2) is 45.4 Å². The number of rotatable bonds is 6. The number of hydrogen-bond donors (Lipinski definition) is 1. The zero-order valence-electron chi connectivity index (χ0n) is 19.6. The molecular formula is C26H23F3N4O4. The first-order valence-electron chi connectivity index (χ1n) is 11.7. The third kappa shape index (κ3) is 6.00. The van der Waals surface area contributed by atoms with Gasteiger partial charge in [-0.3, -0.25) is 4.79 Å². The lowest BCUT2D eigenvalue weighted by Gasteiger charge is -2.31. The van der Waals surface area contributed by atoms with E-state index in [2.05, 4.69) is 19.8 Å². The van der Waals surface area contributed by atoms with Gasteiger partial charge in [-0.2, -0.15) is 4.98 Å². The van der Waals surface area contributed by atoms with Crippen LogP contribution in [0.2, 0.25) is 0 Å². The van der Waals surface area contributed by atoms with E-state index in [4.69, 9.17) is 4.52 Å². The molecule has 37 heavy (non-hydrogen) atoms. The number of halogens is 3. The van der Waals surface area contributed by atoms with Crippen LogP contribution in [-0.2, 0) is 6.54 Å². The molecule has 0 atom stereocenters. The summed E-state index contributed by atoms with van der Waals surface area (Å²) < 4.78 is 47.9. The number of aromatic nitrogens is 3. The second kappa shape index (κ2) is 10.1. The molecule has 0 spiro atoms. The van der Waals surface area contributed by atoms with Gasteiger partial charge >= 0.3 is 6.36 Å². The van der Waals surface area contributed by atoms with Crippen LogP contribution >= 0.6 is 0 Å². The maximum absolute atomic E-state index is 12.6. The highest BCUT2D eigenvalue weighted by Gasteiger charge is 2.31. The van der Waals surface area contributed by atoms with Crippen LogP contribution in [0.25, 0.3) is 22.8 Å². The Morgan fingerprint density at radius 2 is 1.76 bits per heavy atom. The van der Waals surface area contributed by atoms with Crippen molar-refractivity contribution >= 4 is 5.69 Å². The summed E-state index contributed by atoms with van der Waals surface area (Å²) in [4.78, 5) is 19.1. The van der Waals surface area contributed by atoms with E-state index in [9.17, 15) is 23.1 Å². The lowest BCUT2D eigenvalue weighted by Crippen LogP contribution is -2.35. The van der Waals surface area contributed by atoms with Gasteiger partial charge in [-0.05, 0) is 60.9 Å². The second-order valence-corrected chi connectivity index (χ2v) is 8.77. The van der Waals surface area contributed by atoms with Crippen molar-refractivity contribution in [1.29, 1.82) is 0 Å². The zero-order chi connectivity index (χ0) is 26.0. The van der Waals surface area contributed by atoms with Gasteiger partial charge in [0.15, 0.2) is 0 Å². The smallest absolute Gasteiger partial charge is 0.406 e.